The van der Waals surface area contributed by atoms with Crippen LogP contribution in [0.15, 0.2) is 29.6 Å². The van der Waals surface area contributed by atoms with Gasteiger partial charge >= 0.3 is 0 Å². The van der Waals surface area contributed by atoms with Gasteiger partial charge in [0.05, 0.1) is 12.3 Å². The van der Waals surface area contributed by atoms with Gasteiger partial charge in [-0.3, -0.25) is 0 Å². The Hall–Kier alpha value is -1.40. The molecule has 2 rings (SSSR count). The van der Waals surface area contributed by atoms with Gasteiger partial charge in [-0.1, -0.05) is 13.3 Å². The molecule has 0 unspecified atom stereocenters. The molecule has 0 aliphatic heterocycles. The summed E-state index contributed by atoms with van der Waals surface area (Å²) in [7, 11) is -3.04. The summed E-state index contributed by atoms with van der Waals surface area (Å²) in [5.74, 6) is 0.842. The molecule has 6 heteroatoms. The van der Waals surface area contributed by atoms with Crippen molar-refractivity contribution >= 4 is 21.2 Å². The van der Waals surface area contributed by atoms with E-state index >= 15 is 0 Å². The largest absolute Gasteiger partial charge is 0.494 e. The van der Waals surface area contributed by atoms with Gasteiger partial charge in [-0.05, 0) is 30.7 Å². The minimum Gasteiger partial charge on any atom is -0.494 e. The molecule has 0 saturated heterocycles. The van der Waals surface area contributed by atoms with E-state index in [4.69, 9.17) is 4.74 Å². The van der Waals surface area contributed by atoms with Crippen LogP contribution in [0.4, 0.5) is 0 Å². The Morgan fingerprint density at radius 2 is 1.95 bits per heavy atom. The van der Waals surface area contributed by atoms with E-state index < -0.39 is 9.84 Å². The van der Waals surface area contributed by atoms with Crippen molar-refractivity contribution in [3.05, 3.63) is 34.7 Å². The molecule has 0 aliphatic rings. The van der Waals surface area contributed by atoms with E-state index in [2.05, 4.69) is 11.9 Å². The first-order valence-corrected chi connectivity index (χ1v) is 9.77. The van der Waals surface area contributed by atoms with Crippen molar-refractivity contribution in [3.8, 4) is 17.0 Å². The van der Waals surface area contributed by atoms with Gasteiger partial charge in [0.2, 0.25) is 0 Å². The van der Waals surface area contributed by atoms with E-state index in [0.29, 0.717) is 5.01 Å². The maximum atomic E-state index is 11.3. The summed E-state index contributed by atoms with van der Waals surface area (Å²) in [6.07, 6.45) is 3.37. The van der Waals surface area contributed by atoms with Gasteiger partial charge in [0, 0.05) is 17.2 Å². The first-order valence-electron chi connectivity index (χ1n) is 6.83. The van der Waals surface area contributed by atoms with Crippen molar-refractivity contribution in [2.45, 2.75) is 25.5 Å². The lowest BCUT2D eigenvalue weighted by Gasteiger charge is -2.05. The van der Waals surface area contributed by atoms with Gasteiger partial charge in [-0.25, -0.2) is 13.4 Å². The lowest BCUT2D eigenvalue weighted by Crippen LogP contribution is -1.99. The number of hydrogen-bond acceptors (Lipinski definition) is 5. The number of rotatable bonds is 7. The van der Waals surface area contributed by atoms with Gasteiger partial charge in [-0.15, -0.1) is 11.3 Å². The molecule has 21 heavy (non-hydrogen) atoms. The van der Waals surface area contributed by atoms with Gasteiger partial charge < -0.3 is 4.74 Å². The summed E-state index contributed by atoms with van der Waals surface area (Å²) < 4.78 is 28.1. The molecule has 0 atom stereocenters. The smallest absolute Gasteiger partial charge is 0.153 e. The van der Waals surface area contributed by atoms with Crippen molar-refractivity contribution in [1.82, 2.24) is 4.98 Å². The summed E-state index contributed by atoms with van der Waals surface area (Å²) in [6, 6.07) is 7.72. The Balaban J connectivity index is 2.05. The van der Waals surface area contributed by atoms with Crippen molar-refractivity contribution in [1.29, 1.82) is 0 Å². The maximum Gasteiger partial charge on any atom is 0.153 e. The van der Waals surface area contributed by atoms with E-state index in [0.717, 1.165) is 36.5 Å². The number of unbranched alkanes of at least 4 members (excludes halogenated alkanes) is 1. The summed E-state index contributed by atoms with van der Waals surface area (Å²) in [5.41, 5.74) is 1.77. The minimum atomic E-state index is -3.04. The molecule has 4 nitrogen and oxygen atoms in total. The highest BCUT2D eigenvalue weighted by Crippen LogP contribution is 2.25. The average molecular weight is 325 g/mol. The predicted molar refractivity (Wildman–Crippen MR) is 86.5 cm³/mol. The number of benzene rings is 1. The molecule has 0 radical (unpaired) electrons. The molecule has 0 bridgehead atoms. The molecule has 1 heterocycles. The fourth-order valence-corrected chi connectivity index (χ4v) is 3.81. The number of sulfone groups is 1. The number of hydrogen-bond donors (Lipinski definition) is 0. The minimum absolute atomic E-state index is 0.00409. The van der Waals surface area contributed by atoms with Gasteiger partial charge in [0.1, 0.15) is 16.5 Å². The quantitative estimate of drug-likeness (QED) is 0.731. The maximum absolute atomic E-state index is 11.3. The normalized spacial score (nSPS) is 11.5. The van der Waals surface area contributed by atoms with E-state index in [9.17, 15) is 8.42 Å². The second-order valence-corrected chi connectivity index (χ2v) is 8.01. The molecule has 0 spiro atoms. The van der Waals surface area contributed by atoms with Crippen LogP contribution in [-0.4, -0.2) is 26.3 Å². The molecule has 2 aromatic rings. The molecule has 0 saturated carbocycles. The zero-order valence-corrected chi connectivity index (χ0v) is 13.8. The Morgan fingerprint density at radius 3 is 2.57 bits per heavy atom. The van der Waals surface area contributed by atoms with Crippen LogP contribution in [0.5, 0.6) is 5.75 Å². The first-order chi connectivity index (χ1) is 9.98. The molecule has 1 aromatic heterocycles. The molecule has 0 aliphatic carbocycles. The zero-order chi connectivity index (χ0) is 15.3. The molecule has 1 aromatic carbocycles. The van der Waals surface area contributed by atoms with E-state index in [1.807, 2.05) is 29.6 Å². The van der Waals surface area contributed by atoms with Crippen LogP contribution < -0.4 is 4.74 Å². The highest BCUT2D eigenvalue weighted by atomic mass is 32.2. The molecule has 0 N–H and O–H groups in total. The third kappa shape index (κ3) is 5.13. The molecule has 0 fully saturated rings. The number of ether oxygens (including phenoxy) is 1. The van der Waals surface area contributed by atoms with Crippen LogP contribution in [0.25, 0.3) is 11.3 Å². The zero-order valence-electron chi connectivity index (χ0n) is 12.2. The third-order valence-electron chi connectivity index (χ3n) is 2.85. The van der Waals surface area contributed by atoms with Crippen molar-refractivity contribution < 1.29 is 13.2 Å². The standard InChI is InChI=1S/C15H19NO3S2/c1-3-4-9-19-13-7-5-12(6-8-13)14-10-20-15(16-14)11-21(2,17)18/h5-8,10H,3-4,9,11H2,1-2H3. The van der Waals surface area contributed by atoms with Crippen molar-refractivity contribution in [2.75, 3.05) is 12.9 Å². The number of nitrogens with zero attached hydrogens (tertiary/aromatic N) is 1. The predicted octanol–water partition coefficient (Wildman–Crippen LogP) is 3.53. The van der Waals surface area contributed by atoms with Crippen LogP contribution in [-0.2, 0) is 15.6 Å². The van der Waals surface area contributed by atoms with Crippen LogP contribution in [0.2, 0.25) is 0 Å². The SMILES string of the molecule is CCCCOc1ccc(-c2csc(CS(C)(=O)=O)n2)cc1. The first kappa shape index (κ1) is 16.0. The summed E-state index contributed by atoms with van der Waals surface area (Å²) in [4.78, 5) is 4.37. The average Bonchev–Trinajstić information content (AvgIpc) is 2.86. The highest BCUT2D eigenvalue weighted by Gasteiger charge is 2.10. The Morgan fingerprint density at radius 1 is 1.24 bits per heavy atom. The second-order valence-electron chi connectivity index (χ2n) is 4.92. The topological polar surface area (TPSA) is 56.3 Å². The summed E-state index contributed by atoms with van der Waals surface area (Å²) in [5, 5.41) is 2.50. The number of thiazole rings is 1. The van der Waals surface area contributed by atoms with Crippen LogP contribution in [0, 0.1) is 0 Å². The van der Waals surface area contributed by atoms with E-state index in [-0.39, 0.29) is 5.75 Å². The molecule has 114 valence electrons. The molecular formula is C15H19NO3S2. The Kier molecular flexibility index (Phi) is 5.36. The van der Waals surface area contributed by atoms with Gasteiger partial charge in [-0.2, -0.15) is 0 Å². The fraction of sp³-hybridized carbons (Fsp3) is 0.400. The van der Waals surface area contributed by atoms with Crippen molar-refractivity contribution in [3.63, 3.8) is 0 Å². The van der Waals surface area contributed by atoms with Crippen LogP contribution in [0.3, 0.4) is 0 Å². The second kappa shape index (κ2) is 7.04. The van der Waals surface area contributed by atoms with Gasteiger partial charge in [0.25, 0.3) is 0 Å². The third-order valence-corrected chi connectivity index (χ3v) is 4.68. The molecular weight excluding hydrogens is 306 g/mol. The summed E-state index contributed by atoms with van der Waals surface area (Å²) in [6.45, 7) is 2.85. The fourth-order valence-electron chi connectivity index (χ4n) is 1.79. The lowest BCUT2D eigenvalue weighted by atomic mass is 10.2. The number of aromatic nitrogens is 1. The Labute approximate surface area is 129 Å². The monoisotopic (exact) mass is 325 g/mol. The van der Waals surface area contributed by atoms with Crippen LogP contribution >= 0.6 is 11.3 Å². The molecule has 0 amide bonds. The lowest BCUT2D eigenvalue weighted by molar-refractivity contribution is 0.309. The van der Waals surface area contributed by atoms with E-state index in [1.165, 1.54) is 17.6 Å². The van der Waals surface area contributed by atoms with E-state index in [1.54, 1.807) is 0 Å². The van der Waals surface area contributed by atoms with Crippen LogP contribution in [0.1, 0.15) is 24.8 Å². The Bertz CT molecular complexity index is 675. The highest BCUT2D eigenvalue weighted by molar-refractivity contribution is 7.90. The van der Waals surface area contributed by atoms with Crippen molar-refractivity contribution in [2.24, 2.45) is 0 Å². The van der Waals surface area contributed by atoms with Gasteiger partial charge in [0.15, 0.2) is 9.84 Å². The summed E-state index contributed by atoms with van der Waals surface area (Å²) >= 11 is 1.37.